The minimum Gasteiger partial charge on any atom is -0.398 e. The average molecular weight is 334 g/mol. The molecule has 0 heterocycles. The molecule has 0 aromatic heterocycles. The smallest absolute Gasteiger partial charge is 0.398 e. The van der Waals surface area contributed by atoms with E-state index in [0.717, 1.165) is 30.3 Å². The highest BCUT2D eigenvalue weighted by Gasteiger charge is 2.33. The van der Waals surface area contributed by atoms with Crippen molar-refractivity contribution in [2.45, 2.75) is 11.1 Å². The third kappa shape index (κ3) is 3.48. The molecule has 0 aliphatic carbocycles. The molecular weight excluding hydrogens is 324 g/mol. The number of benzene rings is 2. The quantitative estimate of drug-likeness (QED) is 0.669. The molecule has 0 aliphatic rings. The van der Waals surface area contributed by atoms with Crippen LogP contribution in [0.3, 0.4) is 0 Å². The Kier molecular flexibility index (Phi) is 4.01. The number of rotatable bonds is 3. The molecule has 2 aromatic carbocycles. The first-order valence-electron chi connectivity index (χ1n) is 5.85. The van der Waals surface area contributed by atoms with Gasteiger partial charge in [0, 0.05) is 11.4 Å². The van der Waals surface area contributed by atoms with Gasteiger partial charge >= 0.3 is 6.18 Å². The van der Waals surface area contributed by atoms with E-state index in [4.69, 9.17) is 5.73 Å². The van der Waals surface area contributed by atoms with Crippen LogP contribution in [0.25, 0.3) is 0 Å². The highest BCUT2D eigenvalue weighted by atomic mass is 32.2. The fraction of sp³-hybridized carbons (Fsp3) is 0.0769. The van der Waals surface area contributed by atoms with Crippen LogP contribution in [0.15, 0.2) is 47.4 Å². The number of anilines is 2. The molecule has 9 heteroatoms. The number of halogens is 4. The van der Waals surface area contributed by atoms with Crippen LogP contribution < -0.4 is 10.5 Å². The summed E-state index contributed by atoms with van der Waals surface area (Å²) in [6.45, 7) is 0. The third-order valence-corrected chi connectivity index (χ3v) is 4.10. The van der Waals surface area contributed by atoms with Crippen molar-refractivity contribution >= 4 is 21.4 Å². The van der Waals surface area contributed by atoms with Crippen LogP contribution in [0.1, 0.15) is 5.56 Å². The summed E-state index contributed by atoms with van der Waals surface area (Å²) in [6, 6.07) is 6.69. The zero-order chi connectivity index (χ0) is 16.5. The SMILES string of the molecule is Nc1ccc(NS(=O)(=O)c2cccc(F)c2)cc1C(F)(F)F. The van der Waals surface area contributed by atoms with Crippen molar-refractivity contribution in [1.29, 1.82) is 0 Å². The number of nitrogen functional groups attached to an aromatic ring is 1. The predicted octanol–water partition coefficient (Wildman–Crippen LogP) is 3.23. The van der Waals surface area contributed by atoms with Gasteiger partial charge in [0.25, 0.3) is 10.0 Å². The lowest BCUT2D eigenvalue weighted by Gasteiger charge is -2.13. The minimum absolute atomic E-state index is 0.328. The van der Waals surface area contributed by atoms with Crippen molar-refractivity contribution in [2.75, 3.05) is 10.5 Å². The topological polar surface area (TPSA) is 72.2 Å². The summed E-state index contributed by atoms with van der Waals surface area (Å²) < 4.78 is 77.2. The minimum atomic E-state index is -4.72. The van der Waals surface area contributed by atoms with Gasteiger partial charge < -0.3 is 5.73 Å². The summed E-state index contributed by atoms with van der Waals surface area (Å²) in [6.07, 6.45) is -4.72. The molecular formula is C13H10F4N2O2S. The van der Waals surface area contributed by atoms with Crippen LogP contribution in [0.4, 0.5) is 28.9 Å². The number of sulfonamides is 1. The van der Waals surface area contributed by atoms with Gasteiger partial charge in [-0.15, -0.1) is 0 Å². The number of hydrogen-bond donors (Lipinski definition) is 2. The lowest BCUT2D eigenvalue weighted by molar-refractivity contribution is -0.136. The maximum Gasteiger partial charge on any atom is 0.418 e. The van der Waals surface area contributed by atoms with Crippen LogP contribution in [0.5, 0.6) is 0 Å². The maximum absolute atomic E-state index is 13.1. The highest BCUT2D eigenvalue weighted by Crippen LogP contribution is 2.35. The van der Waals surface area contributed by atoms with Gasteiger partial charge in [-0.3, -0.25) is 4.72 Å². The number of hydrogen-bond acceptors (Lipinski definition) is 3. The van der Waals surface area contributed by atoms with Gasteiger partial charge in [-0.05, 0) is 36.4 Å². The normalized spacial score (nSPS) is 12.2. The number of nitrogens with two attached hydrogens (primary N) is 1. The molecule has 0 unspecified atom stereocenters. The van der Waals surface area contributed by atoms with Crippen LogP contribution in [0, 0.1) is 5.82 Å². The van der Waals surface area contributed by atoms with E-state index in [-0.39, 0.29) is 5.69 Å². The van der Waals surface area contributed by atoms with Gasteiger partial charge in [0.2, 0.25) is 0 Å². The molecule has 2 aromatic rings. The van der Waals surface area contributed by atoms with Crippen LogP contribution >= 0.6 is 0 Å². The molecule has 0 aliphatic heterocycles. The van der Waals surface area contributed by atoms with Crippen molar-refractivity contribution < 1.29 is 26.0 Å². The van der Waals surface area contributed by atoms with E-state index in [0.29, 0.717) is 6.07 Å². The lowest BCUT2D eigenvalue weighted by Crippen LogP contribution is -2.15. The van der Waals surface area contributed by atoms with Gasteiger partial charge in [-0.25, -0.2) is 12.8 Å². The molecule has 118 valence electrons. The molecule has 0 spiro atoms. The van der Waals surface area contributed by atoms with E-state index >= 15 is 0 Å². The fourth-order valence-corrected chi connectivity index (χ4v) is 2.79. The molecule has 0 saturated carbocycles. The Bertz CT molecular complexity index is 804. The van der Waals surface area contributed by atoms with Crippen molar-refractivity contribution in [1.82, 2.24) is 0 Å². The first kappa shape index (κ1) is 16.1. The summed E-state index contributed by atoms with van der Waals surface area (Å²) in [5.41, 5.74) is 3.21. The molecule has 0 amide bonds. The lowest BCUT2D eigenvalue weighted by atomic mass is 10.1. The van der Waals surface area contributed by atoms with E-state index in [2.05, 4.69) is 0 Å². The predicted molar refractivity (Wildman–Crippen MR) is 73.1 cm³/mol. The van der Waals surface area contributed by atoms with Crippen molar-refractivity contribution in [3.63, 3.8) is 0 Å². The van der Waals surface area contributed by atoms with E-state index in [1.165, 1.54) is 6.07 Å². The van der Waals surface area contributed by atoms with E-state index in [9.17, 15) is 26.0 Å². The Balaban J connectivity index is 2.39. The Morgan fingerprint density at radius 3 is 2.32 bits per heavy atom. The first-order valence-corrected chi connectivity index (χ1v) is 7.33. The summed E-state index contributed by atoms with van der Waals surface area (Å²) in [5.74, 6) is -0.781. The van der Waals surface area contributed by atoms with Crippen molar-refractivity contribution in [3.8, 4) is 0 Å². The van der Waals surface area contributed by atoms with Crippen LogP contribution in [0.2, 0.25) is 0 Å². The van der Waals surface area contributed by atoms with Crippen molar-refractivity contribution in [3.05, 3.63) is 53.8 Å². The summed E-state index contributed by atoms with van der Waals surface area (Å²) >= 11 is 0. The third-order valence-electron chi connectivity index (χ3n) is 2.72. The van der Waals surface area contributed by atoms with Gasteiger partial charge in [0.15, 0.2) is 0 Å². The molecule has 0 atom stereocenters. The summed E-state index contributed by atoms with van der Waals surface area (Å²) in [4.78, 5) is -0.405. The van der Waals surface area contributed by atoms with Crippen LogP contribution in [-0.2, 0) is 16.2 Å². The molecule has 22 heavy (non-hydrogen) atoms. The van der Waals surface area contributed by atoms with Crippen LogP contribution in [-0.4, -0.2) is 8.42 Å². The Labute approximate surface area is 123 Å². The molecule has 0 saturated heterocycles. The molecule has 3 N–H and O–H groups in total. The fourth-order valence-electron chi connectivity index (χ4n) is 1.71. The second kappa shape index (κ2) is 5.48. The monoisotopic (exact) mass is 334 g/mol. The Morgan fingerprint density at radius 1 is 1.05 bits per heavy atom. The van der Waals surface area contributed by atoms with Crippen molar-refractivity contribution in [2.24, 2.45) is 0 Å². The van der Waals surface area contributed by atoms with Gasteiger partial charge in [0.1, 0.15) is 5.82 Å². The van der Waals surface area contributed by atoms with E-state index in [1.807, 2.05) is 4.72 Å². The number of alkyl halides is 3. The molecule has 4 nitrogen and oxygen atoms in total. The maximum atomic E-state index is 13.1. The zero-order valence-corrected chi connectivity index (χ0v) is 11.7. The summed E-state index contributed by atoms with van der Waals surface area (Å²) in [7, 11) is -4.21. The first-order chi connectivity index (χ1) is 10.1. The largest absolute Gasteiger partial charge is 0.418 e. The van der Waals surface area contributed by atoms with E-state index in [1.54, 1.807) is 0 Å². The molecule has 0 fully saturated rings. The van der Waals surface area contributed by atoms with Gasteiger partial charge in [-0.2, -0.15) is 13.2 Å². The second-order valence-corrected chi connectivity index (χ2v) is 6.05. The second-order valence-electron chi connectivity index (χ2n) is 4.36. The average Bonchev–Trinajstić information content (AvgIpc) is 2.39. The highest BCUT2D eigenvalue weighted by molar-refractivity contribution is 7.92. The zero-order valence-electron chi connectivity index (χ0n) is 10.9. The molecule has 2 rings (SSSR count). The molecule has 0 bridgehead atoms. The summed E-state index contributed by atoms with van der Waals surface area (Å²) in [5, 5.41) is 0. The molecule has 0 radical (unpaired) electrons. The standard InChI is InChI=1S/C13H10F4N2O2S/c14-8-2-1-3-10(6-8)22(20,21)19-9-4-5-12(18)11(7-9)13(15,16)17/h1-7,19H,18H2. The van der Waals surface area contributed by atoms with Gasteiger partial charge in [0.05, 0.1) is 10.5 Å². The van der Waals surface area contributed by atoms with E-state index < -0.39 is 38.2 Å². The Hall–Kier alpha value is -2.29. The van der Waals surface area contributed by atoms with Gasteiger partial charge in [-0.1, -0.05) is 6.07 Å². The number of nitrogens with one attached hydrogen (secondary N) is 1. The Morgan fingerprint density at radius 2 is 1.73 bits per heavy atom.